The van der Waals surface area contributed by atoms with Crippen molar-refractivity contribution in [3.63, 3.8) is 0 Å². The predicted molar refractivity (Wildman–Crippen MR) is 65.9 cm³/mol. The smallest absolute Gasteiger partial charge is 0.113 e. The highest BCUT2D eigenvalue weighted by Gasteiger charge is 2.19. The van der Waals surface area contributed by atoms with Gasteiger partial charge in [-0.1, -0.05) is 0 Å². The molecule has 3 heterocycles. The topological polar surface area (TPSA) is 52.0 Å². The number of nitrogens with zero attached hydrogens (tertiary/aromatic N) is 3. The molecule has 1 fully saturated rings. The summed E-state index contributed by atoms with van der Waals surface area (Å²) in [7, 11) is 1.93. The van der Waals surface area contributed by atoms with Gasteiger partial charge < -0.3 is 10.1 Å². The van der Waals surface area contributed by atoms with E-state index in [0.717, 1.165) is 29.5 Å². The Morgan fingerprint density at radius 2 is 2.53 bits per heavy atom. The van der Waals surface area contributed by atoms with Crippen molar-refractivity contribution < 1.29 is 4.74 Å². The van der Waals surface area contributed by atoms with Crippen molar-refractivity contribution in [1.82, 2.24) is 20.1 Å². The third kappa shape index (κ3) is 2.11. The second kappa shape index (κ2) is 4.56. The third-order valence-corrected chi connectivity index (χ3v) is 3.78. The summed E-state index contributed by atoms with van der Waals surface area (Å²) in [6.07, 6.45) is 1.79. The van der Waals surface area contributed by atoms with Crippen molar-refractivity contribution in [2.24, 2.45) is 7.05 Å². The molecule has 0 saturated carbocycles. The first-order valence-electron chi connectivity index (χ1n) is 5.59. The molecule has 0 amide bonds. The molecule has 1 aliphatic rings. The van der Waals surface area contributed by atoms with E-state index in [9.17, 15) is 0 Å². The quantitative estimate of drug-likeness (QED) is 0.870. The molecule has 1 atom stereocenters. The largest absolute Gasteiger partial charge is 0.378 e. The van der Waals surface area contributed by atoms with Gasteiger partial charge >= 0.3 is 0 Å². The van der Waals surface area contributed by atoms with Gasteiger partial charge in [0.15, 0.2) is 0 Å². The standard InChI is InChI=1S/C11H14N4OS/c1-15-10(2-3-13-15)9-7-17-11(14-9)8-6-16-5-4-12-8/h2-3,7-8,12H,4-6H2,1H3. The molecule has 5 nitrogen and oxygen atoms in total. The molecule has 1 saturated heterocycles. The molecule has 1 aliphatic heterocycles. The lowest BCUT2D eigenvalue weighted by Crippen LogP contribution is -2.34. The van der Waals surface area contributed by atoms with Crippen LogP contribution in [-0.4, -0.2) is 34.5 Å². The molecule has 0 aromatic carbocycles. The van der Waals surface area contributed by atoms with Gasteiger partial charge in [-0.3, -0.25) is 4.68 Å². The van der Waals surface area contributed by atoms with Gasteiger partial charge in [0.1, 0.15) is 5.01 Å². The fraction of sp³-hybridized carbons (Fsp3) is 0.455. The Hall–Kier alpha value is -1.24. The van der Waals surface area contributed by atoms with E-state index in [0.29, 0.717) is 6.61 Å². The van der Waals surface area contributed by atoms with Gasteiger partial charge in [-0.25, -0.2) is 4.98 Å². The molecular weight excluding hydrogens is 236 g/mol. The number of aryl methyl sites for hydroxylation is 1. The number of hydrogen-bond acceptors (Lipinski definition) is 5. The molecule has 0 bridgehead atoms. The number of aromatic nitrogens is 3. The summed E-state index contributed by atoms with van der Waals surface area (Å²) in [5, 5.41) is 10.7. The second-order valence-corrected chi connectivity index (χ2v) is 4.88. The molecule has 0 radical (unpaired) electrons. The fourth-order valence-electron chi connectivity index (χ4n) is 1.91. The average Bonchev–Trinajstić information content (AvgIpc) is 2.98. The van der Waals surface area contributed by atoms with Gasteiger partial charge in [-0.15, -0.1) is 11.3 Å². The summed E-state index contributed by atoms with van der Waals surface area (Å²) in [6, 6.07) is 2.21. The third-order valence-electron chi connectivity index (χ3n) is 2.83. The Labute approximate surface area is 103 Å². The van der Waals surface area contributed by atoms with E-state index in [4.69, 9.17) is 4.74 Å². The predicted octanol–water partition coefficient (Wildman–Crippen LogP) is 1.20. The molecule has 1 unspecified atom stereocenters. The van der Waals surface area contributed by atoms with Gasteiger partial charge in [0, 0.05) is 25.2 Å². The van der Waals surface area contributed by atoms with Crippen LogP contribution < -0.4 is 5.32 Å². The van der Waals surface area contributed by atoms with Crippen LogP contribution in [0.4, 0.5) is 0 Å². The van der Waals surface area contributed by atoms with E-state index in [1.54, 1.807) is 17.5 Å². The van der Waals surface area contributed by atoms with Gasteiger partial charge in [0.05, 0.1) is 30.6 Å². The van der Waals surface area contributed by atoms with E-state index < -0.39 is 0 Å². The Kier molecular flexibility index (Phi) is 2.92. The van der Waals surface area contributed by atoms with Gasteiger partial charge in [-0.2, -0.15) is 5.10 Å². The van der Waals surface area contributed by atoms with Crippen molar-refractivity contribution in [1.29, 1.82) is 0 Å². The van der Waals surface area contributed by atoms with Gasteiger partial charge in [0.25, 0.3) is 0 Å². The van der Waals surface area contributed by atoms with Gasteiger partial charge in [-0.05, 0) is 6.07 Å². The maximum atomic E-state index is 5.45. The summed E-state index contributed by atoms with van der Waals surface area (Å²) in [5.74, 6) is 0. The highest BCUT2D eigenvalue weighted by molar-refractivity contribution is 7.10. The maximum absolute atomic E-state index is 5.45. The average molecular weight is 250 g/mol. The van der Waals surface area contributed by atoms with Crippen LogP contribution in [0.3, 0.4) is 0 Å². The van der Waals surface area contributed by atoms with Crippen LogP contribution in [0.2, 0.25) is 0 Å². The molecule has 2 aromatic heterocycles. The first kappa shape index (κ1) is 10.9. The molecular formula is C11H14N4OS. The van der Waals surface area contributed by atoms with Crippen LogP contribution in [0.1, 0.15) is 11.0 Å². The normalized spacial score (nSPS) is 20.6. The molecule has 2 aromatic rings. The van der Waals surface area contributed by atoms with E-state index >= 15 is 0 Å². The molecule has 17 heavy (non-hydrogen) atoms. The molecule has 1 N–H and O–H groups in total. The van der Waals surface area contributed by atoms with Crippen molar-refractivity contribution in [3.8, 4) is 11.4 Å². The first-order chi connectivity index (χ1) is 8.34. The van der Waals surface area contributed by atoms with Crippen molar-refractivity contribution >= 4 is 11.3 Å². The maximum Gasteiger partial charge on any atom is 0.113 e. The lowest BCUT2D eigenvalue weighted by Gasteiger charge is -2.21. The molecule has 0 spiro atoms. The molecule has 90 valence electrons. The van der Waals surface area contributed by atoms with Crippen LogP contribution in [0, 0.1) is 0 Å². The zero-order valence-corrected chi connectivity index (χ0v) is 10.4. The number of nitrogens with one attached hydrogen (secondary N) is 1. The van der Waals surface area contributed by atoms with Crippen LogP contribution in [-0.2, 0) is 11.8 Å². The SMILES string of the molecule is Cn1nccc1-c1csc(C2COCCN2)n1. The highest BCUT2D eigenvalue weighted by Crippen LogP contribution is 2.25. The second-order valence-electron chi connectivity index (χ2n) is 3.99. The molecule has 6 heteroatoms. The zero-order chi connectivity index (χ0) is 11.7. The fourth-order valence-corrected chi connectivity index (χ4v) is 2.79. The number of thiazole rings is 1. The minimum atomic E-state index is 0.232. The Bertz CT molecular complexity index is 501. The molecule has 0 aliphatic carbocycles. The molecule has 3 rings (SSSR count). The van der Waals surface area contributed by atoms with Crippen molar-refractivity contribution in [2.45, 2.75) is 6.04 Å². The summed E-state index contributed by atoms with van der Waals surface area (Å²) in [4.78, 5) is 4.65. The number of ether oxygens (including phenoxy) is 1. The number of rotatable bonds is 2. The van der Waals surface area contributed by atoms with Crippen LogP contribution >= 0.6 is 11.3 Å². The first-order valence-corrected chi connectivity index (χ1v) is 6.47. The summed E-state index contributed by atoms with van der Waals surface area (Å²) >= 11 is 1.67. The van der Waals surface area contributed by atoms with Crippen molar-refractivity contribution in [3.05, 3.63) is 22.7 Å². The monoisotopic (exact) mass is 250 g/mol. The Balaban J connectivity index is 1.85. The Morgan fingerprint density at radius 1 is 1.59 bits per heavy atom. The van der Waals surface area contributed by atoms with E-state index in [1.807, 2.05) is 17.8 Å². The summed E-state index contributed by atoms with van der Waals surface area (Å²) in [5.41, 5.74) is 2.03. The summed E-state index contributed by atoms with van der Waals surface area (Å²) in [6.45, 7) is 2.39. The zero-order valence-electron chi connectivity index (χ0n) is 9.59. The number of morpholine rings is 1. The lowest BCUT2D eigenvalue weighted by molar-refractivity contribution is 0.0768. The van der Waals surface area contributed by atoms with Crippen LogP contribution in [0.15, 0.2) is 17.6 Å². The van der Waals surface area contributed by atoms with E-state index in [-0.39, 0.29) is 6.04 Å². The van der Waals surface area contributed by atoms with Crippen LogP contribution in [0.25, 0.3) is 11.4 Å². The number of hydrogen-bond donors (Lipinski definition) is 1. The van der Waals surface area contributed by atoms with E-state index in [2.05, 4.69) is 20.8 Å². The minimum absolute atomic E-state index is 0.232. The van der Waals surface area contributed by atoms with E-state index in [1.165, 1.54) is 0 Å². The highest BCUT2D eigenvalue weighted by atomic mass is 32.1. The lowest BCUT2D eigenvalue weighted by atomic mass is 10.3. The summed E-state index contributed by atoms with van der Waals surface area (Å²) < 4.78 is 7.28. The van der Waals surface area contributed by atoms with Crippen LogP contribution in [0.5, 0.6) is 0 Å². The Morgan fingerprint density at radius 3 is 3.24 bits per heavy atom. The van der Waals surface area contributed by atoms with Crippen molar-refractivity contribution in [2.75, 3.05) is 19.8 Å². The van der Waals surface area contributed by atoms with Gasteiger partial charge in [0.2, 0.25) is 0 Å². The minimum Gasteiger partial charge on any atom is -0.378 e.